The van der Waals surface area contributed by atoms with E-state index in [1.807, 2.05) is 14.0 Å². The van der Waals surface area contributed by atoms with Gasteiger partial charge < -0.3 is 10.6 Å². The third kappa shape index (κ3) is 3.32. The second kappa shape index (κ2) is 6.47. The lowest BCUT2D eigenvalue weighted by molar-refractivity contribution is 0.0950. The summed E-state index contributed by atoms with van der Waals surface area (Å²) in [5.41, 5.74) is 2.03. The number of amides is 1. The Kier molecular flexibility index (Phi) is 4.67. The molecule has 0 aliphatic heterocycles. The van der Waals surface area contributed by atoms with Crippen LogP contribution in [-0.4, -0.2) is 32.4 Å². The number of nitrogens with one attached hydrogen (secondary N) is 2. The minimum atomic E-state index is -0.213. The predicted octanol–water partition coefficient (Wildman–Crippen LogP) is 1.33. The van der Waals surface area contributed by atoms with Gasteiger partial charge in [0.25, 0.3) is 5.91 Å². The monoisotopic (exact) mass is 294 g/mol. The topological polar surface area (TPSA) is 84.7 Å². The maximum atomic E-state index is 12.0. The largest absolute Gasteiger partial charge is 0.360 e. The van der Waals surface area contributed by atoms with Crippen LogP contribution in [0.5, 0.6) is 0 Å². The van der Waals surface area contributed by atoms with Crippen molar-refractivity contribution in [2.45, 2.75) is 26.8 Å². The van der Waals surface area contributed by atoms with Gasteiger partial charge in [0.1, 0.15) is 0 Å². The van der Waals surface area contributed by atoms with Crippen LogP contribution in [0.25, 0.3) is 0 Å². The van der Waals surface area contributed by atoms with E-state index in [9.17, 15) is 4.79 Å². The molecule has 8 heteroatoms. The Hall–Kier alpha value is -1.96. The van der Waals surface area contributed by atoms with Gasteiger partial charge in [0, 0.05) is 31.4 Å². The molecule has 0 saturated carbocycles. The number of hydrogen-bond acceptors (Lipinski definition) is 6. The van der Waals surface area contributed by atoms with E-state index < -0.39 is 0 Å². The van der Waals surface area contributed by atoms with Gasteiger partial charge in [-0.1, -0.05) is 18.3 Å². The molecule has 0 spiro atoms. The molecule has 0 radical (unpaired) electrons. The van der Waals surface area contributed by atoms with Crippen molar-refractivity contribution in [3.05, 3.63) is 22.5 Å². The third-order valence-electron chi connectivity index (χ3n) is 2.92. The van der Waals surface area contributed by atoms with Crippen LogP contribution < -0.4 is 10.6 Å². The van der Waals surface area contributed by atoms with E-state index >= 15 is 0 Å². The summed E-state index contributed by atoms with van der Waals surface area (Å²) >= 11 is 1.26. The number of rotatable bonds is 6. The van der Waals surface area contributed by atoms with E-state index in [0.717, 1.165) is 24.2 Å². The Bertz CT molecular complexity index is 591. The number of carbonyl (C=O) groups excluding carboxylic acids is 1. The van der Waals surface area contributed by atoms with Gasteiger partial charge in [-0.15, -0.1) is 10.2 Å². The second-order valence-electron chi connectivity index (χ2n) is 4.40. The summed E-state index contributed by atoms with van der Waals surface area (Å²) in [6.07, 6.45) is 2.76. The first-order valence-corrected chi connectivity index (χ1v) is 7.26. The summed E-state index contributed by atoms with van der Waals surface area (Å²) in [6, 6.07) is 0. The molecule has 20 heavy (non-hydrogen) atoms. The fourth-order valence-electron chi connectivity index (χ4n) is 1.59. The molecule has 2 aromatic rings. The van der Waals surface area contributed by atoms with Crippen molar-refractivity contribution in [2.24, 2.45) is 7.05 Å². The molecule has 0 unspecified atom stereocenters. The Morgan fingerprint density at radius 2 is 2.25 bits per heavy atom. The molecule has 1 amide bonds. The van der Waals surface area contributed by atoms with Crippen molar-refractivity contribution in [1.82, 2.24) is 25.3 Å². The molecule has 0 atom stereocenters. The van der Waals surface area contributed by atoms with E-state index in [0.29, 0.717) is 16.7 Å². The SMILES string of the molecule is CCCNc1nnc(C(=O)NCc2cnn(C)c2C)s1. The van der Waals surface area contributed by atoms with Crippen molar-refractivity contribution < 1.29 is 4.79 Å². The number of anilines is 1. The Morgan fingerprint density at radius 1 is 1.45 bits per heavy atom. The lowest BCUT2D eigenvalue weighted by atomic mass is 10.2. The zero-order chi connectivity index (χ0) is 14.5. The van der Waals surface area contributed by atoms with E-state index in [2.05, 4.69) is 32.9 Å². The highest BCUT2D eigenvalue weighted by molar-refractivity contribution is 7.17. The number of hydrogen-bond donors (Lipinski definition) is 2. The summed E-state index contributed by atoms with van der Waals surface area (Å²) < 4.78 is 1.78. The number of aryl methyl sites for hydroxylation is 1. The molecule has 7 nitrogen and oxygen atoms in total. The predicted molar refractivity (Wildman–Crippen MR) is 77.8 cm³/mol. The molecule has 108 valence electrons. The lowest BCUT2D eigenvalue weighted by Crippen LogP contribution is -2.22. The van der Waals surface area contributed by atoms with Gasteiger partial charge >= 0.3 is 0 Å². The highest BCUT2D eigenvalue weighted by atomic mass is 32.1. The molecule has 2 heterocycles. The average Bonchev–Trinajstić information content (AvgIpc) is 3.03. The first kappa shape index (κ1) is 14.4. The van der Waals surface area contributed by atoms with Gasteiger partial charge in [-0.2, -0.15) is 5.10 Å². The van der Waals surface area contributed by atoms with Crippen LogP contribution in [0.1, 0.15) is 34.4 Å². The van der Waals surface area contributed by atoms with E-state index in [4.69, 9.17) is 0 Å². The highest BCUT2D eigenvalue weighted by Gasteiger charge is 2.13. The molecule has 2 N–H and O–H groups in total. The minimum Gasteiger partial charge on any atom is -0.360 e. The van der Waals surface area contributed by atoms with Gasteiger partial charge in [-0.25, -0.2) is 0 Å². The Morgan fingerprint density at radius 3 is 2.90 bits per heavy atom. The fraction of sp³-hybridized carbons (Fsp3) is 0.500. The van der Waals surface area contributed by atoms with Crippen LogP contribution >= 0.6 is 11.3 Å². The molecule has 0 fully saturated rings. The average molecular weight is 294 g/mol. The summed E-state index contributed by atoms with van der Waals surface area (Å²) in [4.78, 5) is 12.0. The standard InChI is InChI=1S/C12H18N6OS/c1-4-5-13-12-17-16-11(20-12)10(19)14-6-9-7-15-18(3)8(9)2/h7H,4-6H2,1-3H3,(H,13,17)(H,14,19). The molecule has 2 aromatic heterocycles. The molecule has 0 aliphatic rings. The molecular weight excluding hydrogens is 276 g/mol. The van der Waals surface area contributed by atoms with Crippen LogP contribution in [0.2, 0.25) is 0 Å². The van der Waals surface area contributed by atoms with Crippen LogP contribution in [-0.2, 0) is 13.6 Å². The van der Waals surface area contributed by atoms with Gasteiger partial charge in [-0.05, 0) is 13.3 Å². The van der Waals surface area contributed by atoms with Crippen LogP contribution in [0.15, 0.2) is 6.20 Å². The van der Waals surface area contributed by atoms with E-state index in [-0.39, 0.29) is 5.91 Å². The van der Waals surface area contributed by atoms with E-state index in [1.54, 1.807) is 10.9 Å². The van der Waals surface area contributed by atoms with Crippen molar-refractivity contribution >= 4 is 22.4 Å². The fourth-order valence-corrected chi connectivity index (χ4v) is 2.27. The normalized spacial score (nSPS) is 10.6. The zero-order valence-electron chi connectivity index (χ0n) is 11.8. The quantitative estimate of drug-likeness (QED) is 0.839. The summed E-state index contributed by atoms with van der Waals surface area (Å²) in [7, 11) is 1.87. The molecule has 0 aliphatic carbocycles. The van der Waals surface area contributed by atoms with Gasteiger partial charge in [-0.3, -0.25) is 9.48 Å². The lowest BCUT2D eigenvalue weighted by Gasteiger charge is -2.02. The number of carbonyl (C=O) groups is 1. The van der Waals surface area contributed by atoms with Crippen LogP contribution in [0, 0.1) is 6.92 Å². The van der Waals surface area contributed by atoms with Gasteiger partial charge in [0.05, 0.1) is 6.20 Å². The van der Waals surface area contributed by atoms with E-state index in [1.165, 1.54) is 11.3 Å². The van der Waals surface area contributed by atoms with Gasteiger partial charge in [0.2, 0.25) is 10.1 Å². The molecule has 2 rings (SSSR count). The number of aromatic nitrogens is 4. The molecule has 0 bridgehead atoms. The zero-order valence-corrected chi connectivity index (χ0v) is 12.6. The minimum absolute atomic E-state index is 0.213. The van der Waals surface area contributed by atoms with Crippen LogP contribution in [0.4, 0.5) is 5.13 Å². The number of nitrogens with zero attached hydrogens (tertiary/aromatic N) is 4. The van der Waals surface area contributed by atoms with Crippen molar-refractivity contribution in [1.29, 1.82) is 0 Å². The third-order valence-corrected chi connectivity index (χ3v) is 3.80. The smallest absolute Gasteiger partial charge is 0.282 e. The first-order valence-electron chi connectivity index (χ1n) is 6.45. The van der Waals surface area contributed by atoms with Crippen molar-refractivity contribution in [3.8, 4) is 0 Å². The Labute approximate surface area is 121 Å². The van der Waals surface area contributed by atoms with Crippen LogP contribution in [0.3, 0.4) is 0 Å². The maximum Gasteiger partial charge on any atom is 0.282 e. The molecule has 0 aromatic carbocycles. The Balaban J connectivity index is 1.91. The first-order chi connectivity index (χ1) is 9.61. The van der Waals surface area contributed by atoms with Crippen molar-refractivity contribution in [3.63, 3.8) is 0 Å². The van der Waals surface area contributed by atoms with Crippen molar-refractivity contribution in [2.75, 3.05) is 11.9 Å². The summed E-state index contributed by atoms with van der Waals surface area (Å²) in [5.74, 6) is -0.213. The maximum absolute atomic E-state index is 12.0. The molecule has 0 saturated heterocycles. The van der Waals surface area contributed by atoms with Gasteiger partial charge in [0.15, 0.2) is 0 Å². The summed E-state index contributed by atoms with van der Waals surface area (Å²) in [6.45, 7) is 5.30. The highest BCUT2D eigenvalue weighted by Crippen LogP contribution is 2.15. The summed E-state index contributed by atoms with van der Waals surface area (Å²) in [5, 5.41) is 18.9. The molecular formula is C12H18N6OS. The second-order valence-corrected chi connectivity index (χ2v) is 5.38.